The van der Waals surface area contributed by atoms with Crippen molar-refractivity contribution in [2.45, 2.75) is 25.6 Å². The first-order chi connectivity index (χ1) is 8.09. The SMILES string of the molecule is C[C@@H]1NC(=O)[C@H]1N(Cc1ccccc1)C(=O)O. The highest BCUT2D eigenvalue weighted by Gasteiger charge is 2.42. The molecule has 2 amide bonds. The van der Waals surface area contributed by atoms with Crippen LogP contribution in [0.25, 0.3) is 0 Å². The molecule has 1 aromatic carbocycles. The molecule has 1 aromatic rings. The zero-order chi connectivity index (χ0) is 12.4. The number of nitrogens with one attached hydrogen (secondary N) is 1. The minimum absolute atomic E-state index is 0.123. The third-order valence-corrected chi connectivity index (χ3v) is 2.89. The van der Waals surface area contributed by atoms with Gasteiger partial charge in [-0.15, -0.1) is 0 Å². The summed E-state index contributed by atoms with van der Waals surface area (Å²) in [4.78, 5) is 23.7. The topological polar surface area (TPSA) is 69.6 Å². The van der Waals surface area contributed by atoms with E-state index < -0.39 is 12.1 Å². The molecule has 2 atom stereocenters. The fraction of sp³-hybridized carbons (Fsp3) is 0.333. The lowest BCUT2D eigenvalue weighted by Gasteiger charge is -2.40. The summed E-state index contributed by atoms with van der Waals surface area (Å²) >= 11 is 0. The van der Waals surface area contributed by atoms with Gasteiger partial charge in [0.15, 0.2) is 0 Å². The second-order valence-corrected chi connectivity index (χ2v) is 4.14. The van der Waals surface area contributed by atoms with Gasteiger partial charge in [-0.05, 0) is 12.5 Å². The fourth-order valence-corrected chi connectivity index (χ4v) is 2.00. The standard InChI is InChI=1S/C12H14N2O3/c1-8-10(11(15)13-8)14(12(16)17)7-9-5-3-2-4-6-9/h2-6,8,10H,7H2,1H3,(H,13,15)(H,16,17)/t8-,10-/m0/s1. The van der Waals surface area contributed by atoms with E-state index in [0.717, 1.165) is 5.56 Å². The van der Waals surface area contributed by atoms with E-state index in [2.05, 4.69) is 5.32 Å². The van der Waals surface area contributed by atoms with Gasteiger partial charge in [-0.25, -0.2) is 4.79 Å². The lowest BCUT2D eigenvalue weighted by molar-refractivity contribution is -0.136. The summed E-state index contributed by atoms with van der Waals surface area (Å²) in [7, 11) is 0. The predicted octanol–water partition coefficient (Wildman–Crippen LogP) is 1.05. The summed E-state index contributed by atoms with van der Waals surface area (Å²) in [5.74, 6) is -0.226. The van der Waals surface area contributed by atoms with Crippen LogP contribution < -0.4 is 5.32 Å². The molecule has 5 heteroatoms. The van der Waals surface area contributed by atoms with Crippen LogP contribution in [0.5, 0.6) is 0 Å². The van der Waals surface area contributed by atoms with Crippen LogP contribution in [0.15, 0.2) is 30.3 Å². The molecular weight excluding hydrogens is 220 g/mol. The van der Waals surface area contributed by atoms with Gasteiger partial charge in [-0.2, -0.15) is 0 Å². The summed E-state index contributed by atoms with van der Waals surface area (Å²) in [6, 6.07) is 8.55. The quantitative estimate of drug-likeness (QED) is 0.768. The van der Waals surface area contributed by atoms with Crippen molar-refractivity contribution in [3.05, 3.63) is 35.9 Å². The van der Waals surface area contributed by atoms with E-state index >= 15 is 0 Å². The average Bonchev–Trinajstić information content (AvgIpc) is 2.29. The lowest BCUT2D eigenvalue weighted by atomic mass is 9.99. The van der Waals surface area contributed by atoms with Crippen molar-refractivity contribution in [2.24, 2.45) is 0 Å². The van der Waals surface area contributed by atoms with Crippen LogP contribution in [0, 0.1) is 0 Å². The molecule has 1 aliphatic heterocycles. The van der Waals surface area contributed by atoms with Gasteiger partial charge in [-0.3, -0.25) is 9.69 Å². The molecule has 17 heavy (non-hydrogen) atoms. The number of rotatable bonds is 3. The average molecular weight is 234 g/mol. The molecule has 90 valence electrons. The Balaban J connectivity index is 2.14. The number of β-lactam (4-membered cyclic amide) rings is 1. The van der Waals surface area contributed by atoms with Gasteiger partial charge in [-0.1, -0.05) is 30.3 Å². The molecule has 2 rings (SSSR count). The van der Waals surface area contributed by atoms with Crippen LogP contribution in [-0.2, 0) is 11.3 Å². The number of hydrogen-bond acceptors (Lipinski definition) is 2. The molecule has 0 spiro atoms. The fourth-order valence-electron chi connectivity index (χ4n) is 2.00. The first-order valence-electron chi connectivity index (χ1n) is 5.43. The third-order valence-electron chi connectivity index (χ3n) is 2.89. The van der Waals surface area contributed by atoms with Crippen molar-refractivity contribution in [2.75, 3.05) is 0 Å². The van der Waals surface area contributed by atoms with Crippen molar-refractivity contribution in [3.63, 3.8) is 0 Å². The van der Waals surface area contributed by atoms with Gasteiger partial charge in [0.05, 0.1) is 6.04 Å². The van der Waals surface area contributed by atoms with E-state index in [1.165, 1.54) is 4.90 Å². The molecule has 0 radical (unpaired) electrons. The van der Waals surface area contributed by atoms with Crippen molar-refractivity contribution < 1.29 is 14.7 Å². The van der Waals surface area contributed by atoms with Gasteiger partial charge in [0.25, 0.3) is 0 Å². The summed E-state index contributed by atoms with van der Waals surface area (Å²) in [6.07, 6.45) is -1.07. The first-order valence-corrected chi connectivity index (χ1v) is 5.43. The molecule has 0 saturated carbocycles. The number of carboxylic acid groups (broad SMARTS) is 1. The minimum Gasteiger partial charge on any atom is -0.465 e. The minimum atomic E-state index is -1.07. The van der Waals surface area contributed by atoms with E-state index in [-0.39, 0.29) is 18.5 Å². The largest absolute Gasteiger partial charge is 0.465 e. The second kappa shape index (κ2) is 4.45. The highest BCUT2D eigenvalue weighted by atomic mass is 16.4. The molecule has 0 bridgehead atoms. The number of hydrogen-bond donors (Lipinski definition) is 2. The molecule has 1 saturated heterocycles. The number of amides is 2. The smallest absolute Gasteiger partial charge is 0.408 e. The summed E-state index contributed by atoms with van der Waals surface area (Å²) in [6.45, 7) is 2.03. The van der Waals surface area contributed by atoms with Crippen molar-refractivity contribution in [1.82, 2.24) is 10.2 Å². The molecule has 0 aliphatic carbocycles. The molecule has 1 aliphatic rings. The van der Waals surface area contributed by atoms with Gasteiger partial charge in [0.1, 0.15) is 6.04 Å². The summed E-state index contributed by atoms with van der Waals surface area (Å²) in [5, 5.41) is 11.8. The van der Waals surface area contributed by atoms with Crippen molar-refractivity contribution in [3.8, 4) is 0 Å². The molecule has 1 fully saturated rings. The van der Waals surface area contributed by atoms with E-state index in [4.69, 9.17) is 5.11 Å². The van der Waals surface area contributed by atoms with Crippen molar-refractivity contribution >= 4 is 12.0 Å². The van der Waals surface area contributed by atoms with Crippen LogP contribution in [0.1, 0.15) is 12.5 Å². The maximum absolute atomic E-state index is 11.4. The maximum atomic E-state index is 11.4. The zero-order valence-electron chi connectivity index (χ0n) is 9.46. The van der Waals surface area contributed by atoms with Crippen LogP contribution in [0.4, 0.5) is 4.79 Å². The molecule has 0 aromatic heterocycles. The second-order valence-electron chi connectivity index (χ2n) is 4.14. The lowest BCUT2D eigenvalue weighted by Crippen LogP contribution is -2.68. The molecule has 2 N–H and O–H groups in total. The summed E-state index contributed by atoms with van der Waals surface area (Å²) in [5.41, 5.74) is 0.877. The van der Waals surface area contributed by atoms with Gasteiger partial charge in [0.2, 0.25) is 5.91 Å². The Labute approximate surface area is 99.0 Å². The highest BCUT2D eigenvalue weighted by molar-refractivity contribution is 5.91. The van der Waals surface area contributed by atoms with E-state index in [0.29, 0.717) is 0 Å². The Kier molecular flexibility index (Phi) is 2.99. The van der Waals surface area contributed by atoms with E-state index in [9.17, 15) is 9.59 Å². The van der Waals surface area contributed by atoms with Gasteiger partial charge in [0, 0.05) is 6.54 Å². The monoisotopic (exact) mass is 234 g/mol. The Morgan fingerprint density at radius 1 is 1.41 bits per heavy atom. The molecule has 5 nitrogen and oxygen atoms in total. The third kappa shape index (κ3) is 2.22. The number of carbonyl (C=O) groups excluding carboxylic acids is 1. The van der Waals surface area contributed by atoms with E-state index in [1.54, 1.807) is 6.92 Å². The molecule has 1 heterocycles. The van der Waals surface area contributed by atoms with Crippen LogP contribution in [0.3, 0.4) is 0 Å². The Morgan fingerprint density at radius 3 is 2.53 bits per heavy atom. The van der Waals surface area contributed by atoms with Crippen LogP contribution in [0.2, 0.25) is 0 Å². The Hall–Kier alpha value is -2.04. The molecule has 0 unspecified atom stereocenters. The number of nitrogens with zero attached hydrogens (tertiary/aromatic N) is 1. The van der Waals surface area contributed by atoms with Gasteiger partial charge < -0.3 is 10.4 Å². The molecular formula is C12H14N2O3. The first kappa shape index (κ1) is 11.4. The van der Waals surface area contributed by atoms with Gasteiger partial charge >= 0.3 is 6.09 Å². The van der Waals surface area contributed by atoms with Crippen LogP contribution >= 0.6 is 0 Å². The highest BCUT2D eigenvalue weighted by Crippen LogP contribution is 2.17. The van der Waals surface area contributed by atoms with E-state index in [1.807, 2.05) is 30.3 Å². The number of benzene rings is 1. The Bertz CT molecular complexity index is 433. The predicted molar refractivity (Wildman–Crippen MR) is 61.4 cm³/mol. The van der Waals surface area contributed by atoms with Crippen molar-refractivity contribution in [1.29, 1.82) is 0 Å². The summed E-state index contributed by atoms with van der Waals surface area (Å²) < 4.78 is 0. The Morgan fingerprint density at radius 2 is 2.06 bits per heavy atom. The maximum Gasteiger partial charge on any atom is 0.408 e. The normalized spacial score (nSPS) is 22.5. The number of carbonyl (C=O) groups is 2. The zero-order valence-corrected chi connectivity index (χ0v) is 9.46. The van der Waals surface area contributed by atoms with Crippen LogP contribution in [-0.4, -0.2) is 34.1 Å².